The van der Waals surface area contributed by atoms with Gasteiger partial charge in [-0.3, -0.25) is 4.90 Å². The molecule has 0 heterocycles. The van der Waals surface area contributed by atoms with Gasteiger partial charge in [0.1, 0.15) is 0 Å². The first-order chi connectivity index (χ1) is 6.26. The Labute approximate surface area is 82.2 Å². The van der Waals surface area contributed by atoms with Crippen LogP contribution in [0, 0.1) is 0 Å². The Kier molecular flexibility index (Phi) is 8.40. The summed E-state index contributed by atoms with van der Waals surface area (Å²) in [5.74, 6) is 0. The number of rotatable bonds is 8. The maximum Gasteiger partial charge on any atom is 0.0477 e. The summed E-state index contributed by atoms with van der Waals surface area (Å²) < 4.78 is 5.06. The van der Waals surface area contributed by atoms with Gasteiger partial charge in [0.2, 0.25) is 0 Å². The van der Waals surface area contributed by atoms with Crippen molar-refractivity contribution in [1.82, 2.24) is 4.90 Å². The molecule has 0 radical (unpaired) electrons. The van der Waals surface area contributed by atoms with E-state index < -0.39 is 0 Å². The maximum absolute atomic E-state index is 5.55. The minimum Gasteiger partial charge on any atom is -0.385 e. The van der Waals surface area contributed by atoms with E-state index in [1.165, 1.54) is 6.42 Å². The second-order valence-electron chi connectivity index (χ2n) is 3.46. The van der Waals surface area contributed by atoms with Gasteiger partial charge in [-0.1, -0.05) is 6.92 Å². The molecule has 3 nitrogen and oxygen atoms in total. The Morgan fingerprint density at radius 2 is 2.08 bits per heavy atom. The van der Waals surface area contributed by atoms with Crippen molar-refractivity contribution in [3.05, 3.63) is 0 Å². The van der Waals surface area contributed by atoms with Gasteiger partial charge in [-0.15, -0.1) is 0 Å². The molecule has 0 rings (SSSR count). The van der Waals surface area contributed by atoms with Crippen molar-refractivity contribution in [2.24, 2.45) is 5.73 Å². The smallest absolute Gasteiger partial charge is 0.0477 e. The van der Waals surface area contributed by atoms with E-state index in [0.29, 0.717) is 6.04 Å². The van der Waals surface area contributed by atoms with Crippen LogP contribution in [0.3, 0.4) is 0 Å². The molecule has 2 N–H and O–H groups in total. The molecule has 1 unspecified atom stereocenters. The predicted molar refractivity (Wildman–Crippen MR) is 56.9 cm³/mol. The van der Waals surface area contributed by atoms with Gasteiger partial charge in [-0.2, -0.15) is 0 Å². The van der Waals surface area contributed by atoms with Crippen molar-refractivity contribution in [2.45, 2.75) is 32.7 Å². The number of methoxy groups -OCH3 is 1. The first-order valence-electron chi connectivity index (χ1n) is 5.19. The van der Waals surface area contributed by atoms with Crippen LogP contribution < -0.4 is 5.73 Å². The minimum atomic E-state index is 0.587. The first-order valence-corrected chi connectivity index (χ1v) is 5.19. The largest absolute Gasteiger partial charge is 0.385 e. The molecule has 0 amide bonds. The summed E-state index contributed by atoms with van der Waals surface area (Å²) in [7, 11) is 1.75. The summed E-state index contributed by atoms with van der Waals surface area (Å²) in [5.41, 5.74) is 5.55. The molecular formula is C10H24N2O. The fourth-order valence-electron chi connectivity index (χ4n) is 1.48. The zero-order chi connectivity index (χ0) is 10.1. The topological polar surface area (TPSA) is 38.5 Å². The average molecular weight is 188 g/mol. The van der Waals surface area contributed by atoms with Crippen LogP contribution in [0.15, 0.2) is 0 Å². The first kappa shape index (κ1) is 12.9. The Balaban J connectivity index is 3.72. The van der Waals surface area contributed by atoms with Crippen LogP contribution in [0.5, 0.6) is 0 Å². The third kappa shape index (κ3) is 6.02. The second-order valence-corrected chi connectivity index (χ2v) is 3.46. The summed E-state index contributed by atoms with van der Waals surface area (Å²) in [5, 5.41) is 0. The van der Waals surface area contributed by atoms with E-state index in [1.807, 2.05) is 0 Å². The molecule has 13 heavy (non-hydrogen) atoms. The SMILES string of the molecule is CCCN(CCN)C(C)CCOC. The standard InChI is InChI=1S/C10H24N2O/c1-4-7-12(8-6-11)10(2)5-9-13-3/h10H,4-9,11H2,1-3H3. The lowest BCUT2D eigenvalue weighted by Crippen LogP contribution is -2.38. The lowest BCUT2D eigenvalue weighted by Gasteiger charge is -2.28. The highest BCUT2D eigenvalue weighted by molar-refractivity contribution is 4.66. The van der Waals surface area contributed by atoms with Crippen LogP contribution in [0.25, 0.3) is 0 Å². The molecule has 0 aliphatic rings. The normalized spacial score (nSPS) is 13.6. The van der Waals surface area contributed by atoms with Gasteiger partial charge >= 0.3 is 0 Å². The van der Waals surface area contributed by atoms with Crippen LogP contribution in [-0.4, -0.2) is 44.3 Å². The predicted octanol–water partition coefficient (Wildman–Crippen LogP) is 1.08. The van der Waals surface area contributed by atoms with Gasteiger partial charge in [0.15, 0.2) is 0 Å². The fourth-order valence-corrected chi connectivity index (χ4v) is 1.48. The Bertz CT molecular complexity index is 103. The number of nitrogens with two attached hydrogens (primary N) is 1. The summed E-state index contributed by atoms with van der Waals surface area (Å²) in [6.45, 7) is 8.17. The van der Waals surface area contributed by atoms with E-state index >= 15 is 0 Å². The summed E-state index contributed by atoms with van der Waals surface area (Å²) >= 11 is 0. The van der Waals surface area contributed by atoms with Crippen molar-refractivity contribution in [1.29, 1.82) is 0 Å². The summed E-state index contributed by atoms with van der Waals surface area (Å²) in [6.07, 6.45) is 2.29. The van der Waals surface area contributed by atoms with Gasteiger partial charge in [0.05, 0.1) is 0 Å². The molecule has 0 bridgehead atoms. The zero-order valence-corrected chi connectivity index (χ0v) is 9.25. The number of ether oxygens (including phenoxy) is 1. The minimum absolute atomic E-state index is 0.587. The van der Waals surface area contributed by atoms with E-state index in [4.69, 9.17) is 10.5 Å². The van der Waals surface area contributed by atoms with Gasteiger partial charge in [-0.05, 0) is 26.3 Å². The quantitative estimate of drug-likeness (QED) is 0.619. The van der Waals surface area contributed by atoms with Crippen molar-refractivity contribution < 1.29 is 4.74 Å². The molecule has 0 aliphatic carbocycles. The van der Waals surface area contributed by atoms with Gasteiger partial charge < -0.3 is 10.5 Å². The van der Waals surface area contributed by atoms with E-state index in [1.54, 1.807) is 7.11 Å². The molecule has 0 saturated carbocycles. The lowest BCUT2D eigenvalue weighted by atomic mass is 10.2. The Morgan fingerprint density at radius 3 is 2.54 bits per heavy atom. The molecule has 0 aliphatic heterocycles. The van der Waals surface area contributed by atoms with E-state index in [2.05, 4.69) is 18.7 Å². The highest BCUT2D eigenvalue weighted by Crippen LogP contribution is 2.04. The van der Waals surface area contributed by atoms with Crippen LogP contribution in [0.4, 0.5) is 0 Å². The van der Waals surface area contributed by atoms with Crippen molar-refractivity contribution >= 4 is 0 Å². The summed E-state index contributed by atoms with van der Waals surface area (Å²) in [6, 6.07) is 0.587. The number of nitrogens with zero attached hydrogens (tertiary/aromatic N) is 1. The summed E-state index contributed by atoms with van der Waals surface area (Å²) in [4.78, 5) is 2.43. The zero-order valence-electron chi connectivity index (χ0n) is 9.25. The number of hydrogen-bond acceptors (Lipinski definition) is 3. The van der Waals surface area contributed by atoms with Crippen LogP contribution in [-0.2, 0) is 4.74 Å². The Hall–Kier alpha value is -0.120. The fraction of sp³-hybridized carbons (Fsp3) is 1.00. The third-order valence-corrected chi connectivity index (χ3v) is 2.29. The molecule has 0 fully saturated rings. The molecule has 0 aromatic heterocycles. The van der Waals surface area contributed by atoms with E-state index in [-0.39, 0.29) is 0 Å². The third-order valence-electron chi connectivity index (χ3n) is 2.29. The van der Waals surface area contributed by atoms with E-state index in [0.717, 1.165) is 32.7 Å². The molecule has 0 spiro atoms. The monoisotopic (exact) mass is 188 g/mol. The molecule has 1 atom stereocenters. The van der Waals surface area contributed by atoms with Crippen LogP contribution in [0.2, 0.25) is 0 Å². The van der Waals surface area contributed by atoms with E-state index in [9.17, 15) is 0 Å². The highest BCUT2D eigenvalue weighted by atomic mass is 16.5. The molecule has 0 aromatic carbocycles. The number of hydrogen-bond donors (Lipinski definition) is 1. The maximum atomic E-state index is 5.55. The second kappa shape index (κ2) is 8.48. The molecule has 3 heteroatoms. The molecule has 80 valence electrons. The van der Waals surface area contributed by atoms with Gasteiger partial charge in [-0.25, -0.2) is 0 Å². The van der Waals surface area contributed by atoms with Gasteiger partial charge in [0.25, 0.3) is 0 Å². The average Bonchev–Trinajstić information content (AvgIpc) is 2.14. The molecular weight excluding hydrogens is 164 g/mol. The van der Waals surface area contributed by atoms with Crippen LogP contribution >= 0.6 is 0 Å². The molecule has 0 aromatic rings. The molecule has 0 saturated heterocycles. The van der Waals surface area contributed by atoms with Gasteiger partial charge in [0, 0.05) is 32.8 Å². The lowest BCUT2D eigenvalue weighted by molar-refractivity contribution is 0.140. The van der Waals surface area contributed by atoms with Crippen molar-refractivity contribution in [3.8, 4) is 0 Å². The van der Waals surface area contributed by atoms with Crippen molar-refractivity contribution in [2.75, 3.05) is 33.4 Å². The van der Waals surface area contributed by atoms with Crippen molar-refractivity contribution in [3.63, 3.8) is 0 Å². The Morgan fingerprint density at radius 1 is 1.38 bits per heavy atom. The highest BCUT2D eigenvalue weighted by Gasteiger charge is 2.10. The van der Waals surface area contributed by atoms with Crippen LogP contribution in [0.1, 0.15) is 26.7 Å².